The lowest BCUT2D eigenvalue weighted by molar-refractivity contribution is 0.292. The summed E-state index contributed by atoms with van der Waals surface area (Å²) < 4.78 is 1.12. The van der Waals surface area contributed by atoms with Crippen LogP contribution in [0.15, 0.2) is 21.1 Å². The summed E-state index contributed by atoms with van der Waals surface area (Å²) in [5.74, 6) is 0.331. The van der Waals surface area contributed by atoms with E-state index in [2.05, 4.69) is 37.4 Å². The number of nitrogens with two attached hydrogens (primary N) is 1. The number of hydrogen-bond acceptors (Lipinski definition) is 4. The smallest absolute Gasteiger partial charge is 0.143 e. The van der Waals surface area contributed by atoms with E-state index in [0.29, 0.717) is 0 Å². The topological polar surface area (TPSA) is 61.8 Å². The molecule has 0 bridgehead atoms. The van der Waals surface area contributed by atoms with Gasteiger partial charge in [-0.3, -0.25) is 0 Å². The number of oxime groups is 1. The van der Waals surface area contributed by atoms with Crippen molar-refractivity contribution >= 4 is 33.1 Å². The molecule has 0 aliphatic carbocycles. The lowest BCUT2D eigenvalue weighted by Gasteiger charge is -2.19. The fourth-order valence-electron chi connectivity index (χ4n) is 1.43. The fourth-order valence-corrected chi connectivity index (χ4v) is 2.96. The molecule has 16 heavy (non-hydrogen) atoms. The van der Waals surface area contributed by atoms with Crippen molar-refractivity contribution in [2.24, 2.45) is 16.8 Å². The van der Waals surface area contributed by atoms with E-state index in [4.69, 9.17) is 10.9 Å². The summed E-state index contributed by atoms with van der Waals surface area (Å²) in [6, 6.07) is 2.11. The minimum atomic E-state index is 0.0541. The SMILES string of the molecule is CC(CN(C)Cc1cc(Br)cs1)C(N)=NO. The summed E-state index contributed by atoms with van der Waals surface area (Å²) in [5, 5.41) is 13.6. The van der Waals surface area contributed by atoms with Crippen molar-refractivity contribution in [2.75, 3.05) is 13.6 Å². The molecule has 1 atom stereocenters. The molecule has 3 N–H and O–H groups in total. The first kappa shape index (κ1) is 13.5. The summed E-state index contributed by atoms with van der Waals surface area (Å²) in [6.07, 6.45) is 0. The quantitative estimate of drug-likeness (QED) is 0.380. The molecule has 4 nitrogen and oxygen atoms in total. The third-order valence-electron chi connectivity index (χ3n) is 2.25. The molecule has 1 aromatic rings. The second kappa shape index (κ2) is 6.22. The Morgan fingerprint density at radius 1 is 1.75 bits per heavy atom. The minimum Gasteiger partial charge on any atom is -0.409 e. The van der Waals surface area contributed by atoms with Crippen LogP contribution in [0.3, 0.4) is 0 Å². The molecule has 1 aromatic heterocycles. The Balaban J connectivity index is 2.44. The zero-order chi connectivity index (χ0) is 12.1. The maximum atomic E-state index is 8.55. The van der Waals surface area contributed by atoms with E-state index in [1.807, 2.05) is 14.0 Å². The van der Waals surface area contributed by atoms with Gasteiger partial charge in [-0.25, -0.2) is 0 Å². The molecule has 0 spiro atoms. The zero-order valence-electron chi connectivity index (χ0n) is 9.35. The molecule has 0 fully saturated rings. The Morgan fingerprint density at radius 2 is 2.44 bits per heavy atom. The van der Waals surface area contributed by atoms with E-state index in [1.165, 1.54) is 4.88 Å². The van der Waals surface area contributed by atoms with E-state index in [1.54, 1.807) is 11.3 Å². The summed E-state index contributed by atoms with van der Waals surface area (Å²) in [7, 11) is 2.02. The molecular formula is C10H16BrN3OS. The van der Waals surface area contributed by atoms with Crippen LogP contribution in [-0.2, 0) is 6.54 Å². The van der Waals surface area contributed by atoms with E-state index >= 15 is 0 Å². The summed E-state index contributed by atoms with van der Waals surface area (Å²) in [6.45, 7) is 3.58. The average Bonchev–Trinajstić information content (AvgIpc) is 2.62. The highest BCUT2D eigenvalue weighted by Gasteiger charge is 2.11. The van der Waals surface area contributed by atoms with Crippen molar-refractivity contribution in [1.29, 1.82) is 0 Å². The van der Waals surface area contributed by atoms with Crippen LogP contribution in [0, 0.1) is 5.92 Å². The monoisotopic (exact) mass is 305 g/mol. The zero-order valence-corrected chi connectivity index (χ0v) is 11.8. The van der Waals surface area contributed by atoms with Crippen molar-refractivity contribution in [1.82, 2.24) is 4.90 Å². The van der Waals surface area contributed by atoms with Gasteiger partial charge < -0.3 is 15.8 Å². The third-order valence-corrected chi connectivity index (χ3v) is 3.94. The fraction of sp³-hybridized carbons (Fsp3) is 0.500. The van der Waals surface area contributed by atoms with E-state index < -0.39 is 0 Å². The van der Waals surface area contributed by atoms with Gasteiger partial charge in [0.1, 0.15) is 5.84 Å². The van der Waals surface area contributed by atoms with Crippen molar-refractivity contribution in [3.05, 3.63) is 20.8 Å². The van der Waals surface area contributed by atoms with E-state index in [0.717, 1.165) is 17.6 Å². The van der Waals surface area contributed by atoms with Crippen LogP contribution in [0.5, 0.6) is 0 Å². The van der Waals surface area contributed by atoms with Crippen LogP contribution >= 0.6 is 27.3 Å². The molecule has 0 aromatic carbocycles. The predicted molar refractivity (Wildman–Crippen MR) is 70.9 cm³/mol. The second-order valence-corrected chi connectivity index (χ2v) is 5.77. The normalized spacial score (nSPS) is 14.4. The van der Waals surface area contributed by atoms with Crippen molar-refractivity contribution in [3.63, 3.8) is 0 Å². The molecule has 90 valence electrons. The Morgan fingerprint density at radius 3 is 2.94 bits per heavy atom. The van der Waals surface area contributed by atoms with Gasteiger partial charge in [0.25, 0.3) is 0 Å². The molecular weight excluding hydrogens is 290 g/mol. The van der Waals surface area contributed by atoms with Crippen molar-refractivity contribution in [2.45, 2.75) is 13.5 Å². The molecule has 0 aliphatic rings. The summed E-state index contributed by atoms with van der Waals surface area (Å²) in [5.41, 5.74) is 5.53. The maximum Gasteiger partial charge on any atom is 0.143 e. The average molecular weight is 306 g/mol. The molecule has 6 heteroatoms. The molecule has 0 saturated heterocycles. The summed E-state index contributed by atoms with van der Waals surface area (Å²) in [4.78, 5) is 3.45. The number of rotatable bonds is 5. The minimum absolute atomic E-state index is 0.0541. The van der Waals surface area contributed by atoms with Gasteiger partial charge in [-0.15, -0.1) is 11.3 Å². The first-order chi connectivity index (χ1) is 7.52. The lowest BCUT2D eigenvalue weighted by Crippen LogP contribution is -2.32. The van der Waals surface area contributed by atoms with Crippen LogP contribution in [-0.4, -0.2) is 29.5 Å². The lowest BCUT2D eigenvalue weighted by atomic mass is 10.1. The number of nitrogens with zero attached hydrogens (tertiary/aromatic N) is 2. The Hall–Kier alpha value is -0.590. The van der Waals surface area contributed by atoms with Gasteiger partial charge in [0.2, 0.25) is 0 Å². The number of hydrogen-bond donors (Lipinski definition) is 2. The van der Waals surface area contributed by atoms with Crippen molar-refractivity contribution in [3.8, 4) is 0 Å². The maximum absolute atomic E-state index is 8.55. The predicted octanol–water partition coefficient (Wildman–Crippen LogP) is 2.32. The first-order valence-corrected chi connectivity index (χ1v) is 6.59. The second-order valence-electron chi connectivity index (χ2n) is 3.85. The first-order valence-electron chi connectivity index (χ1n) is 4.91. The Kier molecular flexibility index (Phi) is 5.24. The van der Waals surface area contributed by atoms with Gasteiger partial charge in [-0.2, -0.15) is 0 Å². The molecule has 1 heterocycles. The van der Waals surface area contributed by atoms with Crippen LogP contribution < -0.4 is 5.73 Å². The highest BCUT2D eigenvalue weighted by molar-refractivity contribution is 9.10. The molecule has 0 saturated carbocycles. The van der Waals surface area contributed by atoms with Crippen LogP contribution in [0.2, 0.25) is 0 Å². The van der Waals surface area contributed by atoms with Crippen LogP contribution in [0.25, 0.3) is 0 Å². The van der Waals surface area contributed by atoms with Gasteiger partial charge in [0.15, 0.2) is 0 Å². The Labute approximate surface area is 108 Å². The molecule has 0 aliphatic heterocycles. The van der Waals surface area contributed by atoms with Gasteiger partial charge >= 0.3 is 0 Å². The van der Waals surface area contributed by atoms with E-state index in [-0.39, 0.29) is 11.8 Å². The number of thiophene rings is 1. The largest absolute Gasteiger partial charge is 0.409 e. The highest BCUT2D eigenvalue weighted by Crippen LogP contribution is 2.20. The molecule has 1 rings (SSSR count). The van der Waals surface area contributed by atoms with Gasteiger partial charge in [0.05, 0.1) is 0 Å². The number of halogens is 1. The molecule has 0 amide bonds. The highest BCUT2D eigenvalue weighted by atomic mass is 79.9. The standard InChI is InChI=1S/C10H16BrN3OS/c1-7(10(12)13-15)4-14(2)5-9-3-8(11)6-16-9/h3,6-7,15H,4-5H2,1-2H3,(H2,12,13). The molecule has 0 radical (unpaired) electrons. The summed E-state index contributed by atoms with van der Waals surface area (Å²) >= 11 is 5.15. The van der Waals surface area contributed by atoms with Gasteiger partial charge in [0, 0.05) is 33.7 Å². The van der Waals surface area contributed by atoms with Crippen molar-refractivity contribution < 1.29 is 5.21 Å². The van der Waals surface area contributed by atoms with Gasteiger partial charge in [-0.05, 0) is 29.0 Å². The Bertz CT molecular complexity index is 367. The van der Waals surface area contributed by atoms with Crippen LogP contribution in [0.4, 0.5) is 0 Å². The van der Waals surface area contributed by atoms with Crippen LogP contribution in [0.1, 0.15) is 11.8 Å². The third kappa shape index (κ3) is 4.11. The molecule has 1 unspecified atom stereocenters. The van der Waals surface area contributed by atoms with Gasteiger partial charge in [-0.1, -0.05) is 12.1 Å². The van der Waals surface area contributed by atoms with E-state index in [9.17, 15) is 0 Å². The number of amidine groups is 1.